The summed E-state index contributed by atoms with van der Waals surface area (Å²) < 4.78 is 1.88. The number of nitrogens with one attached hydrogen (secondary N) is 1. The van der Waals surface area contributed by atoms with Crippen molar-refractivity contribution in [1.82, 2.24) is 15.1 Å². The van der Waals surface area contributed by atoms with Gasteiger partial charge in [0.25, 0.3) is 0 Å². The maximum atomic E-state index is 12.2. The first-order valence-electron chi connectivity index (χ1n) is 7.78. The molecule has 0 aliphatic heterocycles. The standard InChI is InChI=1S/C17H22N4O.ClH/c18-17(8-1-2-9-17)16(22)19-12-14-4-6-15(7-5-14)13-21-11-3-10-20-21;/h3-7,10-11H,1-2,8-9,12-13,18H2,(H,19,22);1H. The van der Waals surface area contributed by atoms with E-state index in [-0.39, 0.29) is 18.3 Å². The summed E-state index contributed by atoms with van der Waals surface area (Å²) in [6.07, 6.45) is 7.40. The van der Waals surface area contributed by atoms with Gasteiger partial charge in [-0.2, -0.15) is 5.10 Å². The zero-order valence-electron chi connectivity index (χ0n) is 13.1. The van der Waals surface area contributed by atoms with Crippen molar-refractivity contribution in [3.8, 4) is 0 Å². The van der Waals surface area contributed by atoms with Crippen LogP contribution in [-0.4, -0.2) is 21.2 Å². The number of rotatable bonds is 5. The van der Waals surface area contributed by atoms with Crippen LogP contribution < -0.4 is 11.1 Å². The molecule has 1 saturated carbocycles. The Hall–Kier alpha value is -1.85. The number of amides is 1. The lowest BCUT2D eigenvalue weighted by molar-refractivity contribution is -0.126. The number of benzene rings is 1. The minimum absolute atomic E-state index is 0. The van der Waals surface area contributed by atoms with Gasteiger partial charge in [0.2, 0.25) is 5.91 Å². The molecule has 1 heterocycles. The molecule has 0 bridgehead atoms. The van der Waals surface area contributed by atoms with E-state index in [0.717, 1.165) is 37.8 Å². The van der Waals surface area contributed by atoms with Gasteiger partial charge in [0, 0.05) is 18.9 Å². The molecule has 6 heteroatoms. The SMILES string of the molecule is Cl.NC1(C(=O)NCc2ccc(Cn3cccn3)cc2)CCCC1. The normalized spacial score (nSPS) is 15.9. The van der Waals surface area contributed by atoms with E-state index >= 15 is 0 Å². The van der Waals surface area contributed by atoms with E-state index in [1.54, 1.807) is 6.20 Å². The highest BCUT2D eigenvalue weighted by molar-refractivity contribution is 5.86. The Labute approximate surface area is 142 Å². The molecule has 1 aliphatic carbocycles. The number of carbonyl (C=O) groups excluding carboxylic acids is 1. The smallest absolute Gasteiger partial charge is 0.240 e. The number of halogens is 1. The molecule has 0 saturated heterocycles. The van der Waals surface area contributed by atoms with Gasteiger partial charge in [-0.1, -0.05) is 37.1 Å². The average Bonchev–Trinajstić information content (AvgIpc) is 3.19. The van der Waals surface area contributed by atoms with E-state index in [0.29, 0.717) is 6.54 Å². The zero-order chi connectivity index (χ0) is 15.4. The molecular weight excluding hydrogens is 312 g/mol. The van der Waals surface area contributed by atoms with E-state index in [1.807, 2.05) is 29.1 Å². The van der Waals surface area contributed by atoms with Gasteiger partial charge in [0.05, 0.1) is 12.1 Å². The molecule has 3 rings (SSSR count). The van der Waals surface area contributed by atoms with Crippen molar-refractivity contribution in [1.29, 1.82) is 0 Å². The summed E-state index contributed by atoms with van der Waals surface area (Å²) in [5, 5.41) is 7.16. The average molecular weight is 335 g/mol. The number of nitrogens with two attached hydrogens (primary N) is 1. The predicted molar refractivity (Wildman–Crippen MR) is 92.3 cm³/mol. The maximum Gasteiger partial charge on any atom is 0.240 e. The van der Waals surface area contributed by atoms with Gasteiger partial charge >= 0.3 is 0 Å². The Morgan fingerprint density at radius 3 is 2.48 bits per heavy atom. The maximum absolute atomic E-state index is 12.2. The van der Waals surface area contributed by atoms with Gasteiger partial charge in [0.15, 0.2) is 0 Å². The molecule has 3 N–H and O–H groups in total. The molecule has 0 radical (unpaired) electrons. The lowest BCUT2D eigenvalue weighted by Gasteiger charge is -2.22. The largest absolute Gasteiger partial charge is 0.350 e. The third-order valence-electron chi connectivity index (χ3n) is 4.33. The lowest BCUT2D eigenvalue weighted by Crippen LogP contribution is -2.51. The molecule has 0 atom stereocenters. The van der Waals surface area contributed by atoms with E-state index in [4.69, 9.17) is 5.73 Å². The van der Waals surface area contributed by atoms with Crippen molar-refractivity contribution < 1.29 is 4.79 Å². The van der Waals surface area contributed by atoms with E-state index < -0.39 is 5.54 Å². The van der Waals surface area contributed by atoms with E-state index in [1.165, 1.54) is 5.56 Å². The van der Waals surface area contributed by atoms with E-state index in [9.17, 15) is 4.79 Å². The molecule has 124 valence electrons. The van der Waals surface area contributed by atoms with Crippen LogP contribution >= 0.6 is 12.4 Å². The molecule has 23 heavy (non-hydrogen) atoms. The van der Waals surface area contributed by atoms with Crippen LogP contribution in [-0.2, 0) is 17.9 Å². The first kappa shape index (κ1) is 17.5. The molecular formula is C17H23ClN4O. The number of aromatic nitrogens is 2. The highest BCUT2D eigenvalue weighted by Crippen LogP contribution is 2.27. The first-order chi connectivity index (χ1) is 10.7. The fourth-order valence-electron chi connectivity index (χ4n) is 2.93. The van der Waals surface area contributed by atoms with Crippen LogP contribution in [0, 0.1) is 0 Å². The number of carbonyl (C=O) groups is 1. The Morgan fingerprint density at radius 2 is 1.87 bits per heavy atom. The minimum atomic E-state index is -0.653. The van der Waals surface area contributed by atoms with Crippen LogP contribution in [0.15, 0.2) is 42.7 Å². The summed E-state index contributed by atoms with van der Waals surface area (Å²) in [5.74, 6) is -0.0226. The first-order valence-corrected chi connectivity index (χ1v) is 7.78. The molecule has 0 unspecified atom stereocenters. The zero-order valence-corrected chi connectivity index (χ0v) is 13.9. The van der Waals surface area contributed by atoms with Crippen molar-refractivity contribution in [3.63, 3.8) is 0 Å². The summed E-state index contributed by atoms with van der Waals surface area (Å²) in [5.41, 5.74) is 7.76. The third kappa shape index (κ3) is 4.33. The molecule has 1 aromatic carbocycles. The Balaban J connectivity index is 0.00000192. The second-order valence-electron chi connectivity index (χ2n) is 6.07. The number of hydrogen-bond donors (Lipinski definition) is 2. The highest BCUT2D eigenvalue weighted by Gasteiger charge is 2.36. The van der Waals surface area contributed by atoms with Crippen LogP contribution in [0.3, 0.4) is 0 Å². The fraction of sp³-hybridized carbons (Fsp3) is 0.412. The summed E-state index contributed by atoms with van der Waals surface area (Å²) >= 11 is 0. The molecule has 1 amide bonds. The number of hydrogen-bond acceptors (Lipinski definition) is 3. The van der Waals surface area contributed by atoms with E-state index in [2.05, 4.69) is 22.5 Å². The van der Waals surface area contributed by atoms with Crippen LogP contribution in [0.2, 0.25) is 0 Å². The van der Waals surface area contributed by atoms with Crippen molar-refractivity contribution >= 4 is 18.3 Å². The summed E-state index contributed by atoms with van der Waals surface area (Å²) in [6.45, 7) is 1.28. The quantitative estimate of drug-likeness (QED) is 0.880. The Bertz CT molecular complexity index is 619. The molecule has 0 spiro atoms. The molecule has 5 nitrogen and oxygen atoms in total. The monoisotopic (exact) mass is 334 g/mol. The van der Waals surface area contributed by atoms with Crippen LogP contribution in [0.5, 0.6) is 0 Å². The minimum Gasteiger partial charge on any atom is -0.350 e. The van der Waals surface area contributed by atoms with Gasteiger partial charge in [-0.25, -0.2) is 0 Å². The Kier molecular flexibility index (Phi) is 5.80. The number of nitrogens with zero attached hydrogens (tertiary/aromatic N) is 2. The second kappa shape index (κ2) is 7.62. The van der Waals surface area contributed by atoms with Crippen molar-refractivity contribution in [2.45, 2.75) is 44.3 Å². The molecule has 1 fully saturated rings. The van der Waals surface area contributed by atoms with Crippen LogP contribution in [0.25, 0.3) is 0 Å². The summed E-state index contributed by atoms with van der Waals surface area (Å²) in [6, 6.07) is 10.1. The molecule has 1 aromatic heterocycles. The van der Waals surface area contributed by atoms with Gasteiger partial charge < -0.3 is 11.1 Å². The van der Waals surface area contributed by atoms with Crippen molar-refractivity contribution in [3.05, 3.63) is 53.9 Å². The Morgan fingerprint density at radius 1 is 1.22 bits per heavy atom. The topological polar surface area (TPSA) is 72.9 Å². The van der Waals surface area contributed by atoms with Gasteiger partial charge in [-0.05, 0) is 30.0 Å². The van der Waals surface area contributed by atoms with Crippen molar-refractivity contribution in [2.24, 2.45) is 5.73 Å². The summed E-state index contributed by atoms with van der Waals surface area (Å²) in [4.78, 5) is 12.2. The fourth-order valence-corrected chi connectivity index (χ4v) is 2.93. The van der Waals surface area contributed by atoms with Crippen LogP contribution in [0.1, 0.15) is 36.8 Å². The predicted octanol–water partition coefficient (Wildman–Crippen LogP) is 2.24. The van der Waals surface area contributed by atoms with Crippen LogP contribution in [0.4, 0.5) is 0 Å². The summed E-state index contributed by atoms with van der Waals surface area (Å²) in [7, 11) is 0. The third-order valence-corrected chi connectivity index (χ3v) is 4.33. The van der Waals surface area contributed by atoms with Crippen molar-refractivity contribution in [2.75, 3.05) is 0 Å². The highest BCUT2D eigenvalue weighted by atomic mass is 35.5. The molecule has 2 aromatic rings. The molecule has 1 aliphatic rings. The van der Waals surface area contributed by atoms with Gasteiger partial charge in [0.1, 0.15) is 0 Å². The van der Waals surface area contributed by atoms with Gasteiger partial charge in [-0.15, -0.1) is 12.4 Å². The lowest BCUT2D eigenvalue weighted by atomic mass is 9.98. The van der Waals surface area contributed by atoms with Gasteiger partial charge in [-0.3, -0.25) is 9.48 Å². The second-order valence-corrected chi connectivity index (χ2v) is 6.07.